The molecule has 4 aromatic rings. The van der Waals surface area contributed by atoms with E-state index in [9.17, 15) is 14.9 Å². The molecule has 0 saturated carbocycles. The van der Waals surface area contributed by atoms with Crippen LogP contribution in [0.3, 0.4) is 0 Å². The van der Waals surface area contributed by atoms with Gasteiger partial charge >= 0.3 is 0 Å². The van der Waals surface area contributed by atoms with Gasteiger partial charge in [0.25, 0.3) is 11.6 Å². The summed E-state index contributed by atoms with van der Waals surface area (Å²) in [6.07, 6.45) is 1.47. The minimum absolute atomic E-state index is 0.0899. The molecule has 4 rings (SSSR count). The minimum atomic E-state index is -0.503. The van der Waals surface area contributed by atoms with E-state index >= 15 is 0 Å². The van der Waals surface area contributed by atoms with Crippen LogP contribution in [0.1, 0.15) is 10.4 Å². The average molecular weight is 370 g/mol. The summed E-state index contributed by atoms with van der Waals surface area (Å²) in [5.41, 5.74) is 2.76. The predicted octanol–water partition coefficient (Wildman–Crippen LogP) is 4.46. The van der Waals surface area contributed by atoms with Crippen LogP contribution in [0.5, 0.6) is 0 Å². The van der Waals surface area contributed by atoms with Crippen LogP contribution in [0.15, 0.2) is 79.1 Å². The minimum Gasteiger partial charge on any atom is -0.322 e. The first-order valence-electron chi connectivity index (χ1n) is 8.48. The summed E-state index contributed by atoms with van der Waals surface area (Å²) in [5, 5.41) is 14.5. The smallest absolute Gasteiger partial charge is 0.271 e. The monoisotopic (exact) mass is 370 g/mol. The third-order valence-corrected chi connectivity index (χ3v) is 4.28. The molecule has 7 nitrogen and oxygen atoms in total. The number of benzene rings is 3. The van der Waals surface area contributed by atoms with Gasteiger partial charge in [0.2, 0.25) is 0 Å². The molecule has 1 heterocycles. The number of fused-ring (bicyclic) bond motifs is 1. The molecule has 7 heteroatoms. The number of amides is 1. The fourth-order valence-electron chi connectivity index (χ4n) is 3.00. The molecule has 28 heavy (non-hydrogen) atoms. The number of rotatable bonds is 4. The third-order valence-electron chi connectivity index (χ3n) is 4.28. The van der Waals surface area contributed by atoms with Crippen molar-refractivity contribution in [2.45, 2.75) is 0 Å². The van der Waals surface area contributed by atoms with Crippen molar-refractivity contribution < 1.29 is 9.72 Å². The SMILES string of the molecule is O=C(Nc1cccc([N+](=O)[O-])c1)c1ccccc1-c1ncnc2ccccc12. The molecule has 1 N–H and O–H groups in total. The maximum Gasteiger partial charge on any atom is 0.271 e. The predicted molar refractivity (Wildman–Crippen MR) is 106 cm³/mol. The summed E-state index contributed by atoms with van der Waals surface area (Å²) < 4.78 is 0. The van der Waals surface area contributed by atoms with Gasteiger partial charge in [-0.05, 0) is 18.2 Å². The van der Waals surface area contributed by atoms with Gasteiger partial charge in [0, 0.05) is 34.3 Å². The molecule has 3 aromatic carbocycles. The molecular weight excluding hydrogens is 356 g/mol. The van der Waals surface area contributed by atoms with E-state index in [-0.39, 0.29) is 11.6 Å². The van der Waals surface area contributed by atoms with Gasteiger partial charge < -0.3 is 5.32 Å². The summed E-state index contributed by atoms with van der Waals surface area (Å²) in [7, 11) is 0. The number of carbonyl (C=O) groups excluding carboxylic acids is 1. The van der Waals surface area contributed by atoms with Gasteiger partial charge in [0.1, 0.15) is 6.33 Å². The second-order valence-electron chi connectivity index (χ2n) is 6.05. The van der Waals surface area contributed by atoms with Gasteiger partial charge in [-0.1, -0.05) is 42.5 Å². The van der Waals surface area contributed by atoms with Crippen molar-refractivity contribution in [2.75, 3.05) is 5.32 Å². The molecule has 1 aromatic heterocycles. The maximum absolute atomic E-state index is 12.9. The Labute approximate surface area is 159 Å². The lowest BCUT2D eigenvalue weighted by Gasteiger charge is -2.11. The number of anilines is 1. The van der Waals surface area contributed by atoms with Crippen LogP contribution in [0.2, 0.25) is 0 Å². The van der Waals surface area contributed by atoms with Crippen LogP contribution in [0.25, 0.3) is 22.2 Å². The first-order chi connectivity index (χ1) is 13.6. The number of hydrogen-bond acceptors (Lipinski definition) is 5. The molecule has 0 spiro atoms. The molecule has 0 aliphatic carbocycles. The Morgan fingerprint density at radius 1 is 0.929 bits per heavy atom. The van der Waals surface area contributed by atoms with Crippen LogP contribution in [0, 0.1) is 10.1 Å². The number of nitro groups is 1. The third kappa shape index (κ3) is 3.28. The van der Waals surface area contributed by atoms with Crippen molar-refractivity contribution in [3.63, 3.8) is 0 Å². The lowest BCUT2D eigenvalue weighted by atomic mass is 10.0. The molecule has 0 atom stereocenters. The van der Waals surface area contributed by atoms with E-state index in [1.807, 2.05) is 36.4 Å². The maximum atomic E-state index is 12.9. The van der Waals surface area contributed by atoms with E-state index in [1.54, 1.807) is 18.2 Å². The van der Waals surface area contributed by atoms with Crippen molar-refractivity contribution >= 4 is 28.2 Å². The zero-order chi connectivity index (χ0) is 19.5. The number of nitrogens with one attached hydrogen (secondary N) is 1. The van der Waals surface area contributed by atoms with E-state index in [0.29, 0.717) is 22.5 Å². The summed E-state index contributed by atoms with van der Waals surface area (Å²) >= 11 is 0. The first-order valence-corrected chi connectivity index (χ1v) is 8.48. The zero-order valence-electron chi connectivity index (χ0n) is 14.6. The Morgan fingerprint density at radius 2 is 1.71 bits per heavy atom. The summed E-state index contributed by atoms with van der Waals surface area (Å²) in [6, 6.07) is 20.5. The molecule has 0 fully saturated rings. The molecule has 0 saturated heterocycles. The standard InChI is InChI=1S/C21H14N4O3/c26-21(24-14-6-5-7-15(12-14)25(27)28)17-9-2-1-8-16(17)20-18-10-3-4-11-19(18)22-13-23-20/h1-13H,(H,24,26). The molecule has 0 aliphatic rings. The van der Waals surface area contributed by atoms with Gasteiger partial charge in [-0.3, -0.25) is 14.9 Å². The molecule has 0 unspecified atom stereocenters. The Hall–Kier alpha value is -4.13. The van der Waals surface area contributed by atoms with E-state index in [2.05, 4.69) is 15.3 Å². The van der Waals surface area contributed by atoms with Gasteiger partial charge in [0.15, 0.2) is 0 Å². The summed E-state index contributed by atoms with van der Waals surface area (Å²) in [4.78, 5) is 32.0. The van der Waals surface area contributed by atoms with E-state index in [0.717, 1.165) is 10.9 Å². The van der Waals surface area contributed by atoms with Crippen molar-refractivity contribution in [1.82, 2.24) is 9.97 Å². The summed E-state index contributed by atoms with van der Waals surface area (Å²) in [5.74, 6) is -0.376. The van der Waals surface area contributed by atoms with Crippen LogP contribution >= 0.6 is 0 Å². The van der Waals surface area contributed by atoms with Gasteiger partial charge in [0.05, 0.1) is 16.1 Å². The number of carbonyl (C=O) groups is 1. The largest absolute Gasteiger partial charge is 0.322 e. The van der Waals surface area contributed by atoms with Crippen LogP contribution in [-0.2, 0) is 0 Å². The van der Waals surface area contributed by atoms with Gasteiger partial charge in [-0.15, -0.1) is 0 Å². The molecule has 0 bridgehead atoms. The lowest BCUT2D eigenvalue weighted by molar-refractivity contribution is -0.384. The van der Waals surface area contributed by atoms with Gasteiger partial charge in [-0.2, -0.15) is 0 Å². The highest BCUT2D eigenvalue weighted by atomic mass is 16.6. The number of hydrogen-bond donors (Lipinski definition) is 1. The van der Waals surface area contributed by atoms with Crippen molar-refractivity contribution in [3.8, 4) is 11.3 Å². The van der Waals surface area contributed by atoms with Gasteiger partial charge in [-0.25, -0.2) is 9.97 Å². The molecule has 0 aliphatic heterocycles. The van der Waals surface area contributed by atoms with Crippen LogP contribution in [-0.4, -0.2) is 20.8 Å². The number of aromatic nitrogens is 2. The van der Waals surface area contributed by atoms with E-state index in [4.69, 9.17) is 0 Å². The van der Waals surface area contributed by atoms with Crippen LogP contribution in [0.4, 0.5) is 11.4 Å². The fraction of sp³-hybridized carbons (Fsp3) is 0. The number of para-hydroxylation sites is 1. The zero-order valence-corrected chi connectivity index (χ0v) is 14.6. The number of nitro benzene ring substituents is 1. The van der Waals surface area contributed by atoms with Crippen LogP contribution < -0.4 is 5.32 Å². The normalized spacial score (nSPS) is 10.6. The van der Waals surface area contributed by atoms with E-state index in [1.165, 1.54) is 24.5 Å². The molecule has 136 valence electrons. The quantitative estimate of drug-likeness (QED) is 0.422. The Kier molecular flexibility index (Phi) is 4.47. The van der Waals surface area contributed by atoms with E-state index < -0.39 is 4.92 Å². The van der Waals surface area contributed by atoms with Crippen molar-refractivity contribution in [2.24, 2.45) is 0 Å². The Balaban J connectivity index is 1.75. The van der Waals surface area contributed by atoms with Crippen molar-refractivity contribution in [3.05, 3.63) is 94.8 Å². The fourth-order valence-corrected chi connectivity index (χ4v) is 3.00. The topological polar surface area (TPSA) is 98.0 Å². The Bertz CT molecular complexity index is 1200. The van der Waals surface area contributed by atoms with Crippen molar-refractivity contribution in [1.29, 1.82) is 0 Å². The second kappa shape index (κ2) is 7.24. The highest BCUT2D eigenvalue weighted by Gasteiger charge is 2.16. The highest BCUT2D eigenvalue weighted by Crippen LogP contribution is 2.28. The second-order valence-corrected chi connectivity index (χ2v) is 6.05. The average Bonchev–Trinajstić information content (AvgIpc) is 2.73. The molecule has 1 amide bonds. The molecular formula is C21H14N4O3. The number of nitrogens with zero attached hydrogens (tertiary/aromatic N) is 3. The highest BCUT2D eigenvalue weighted by molar-refractivity contribution is 6.10. The molecule has 0 radical (unpaired) electrons. The number of non-ortho nitro benzene ring substituents is 1. The Morgan fingerprint density at radius 3 is 2.57 bits per heavy atom. The first kappa shape index (κ1) is 17.3. The summed E-state index contributed by atoms with van der Waals surface area (Å²) in [6.45, 7) is 0. The lowest BCUT2D eigenvalue weighted by Crippen LogP contribution is -2.13.